The van der Waals surface area contributed by atoms with Crippen LogP contribution in [-0.2, 0) is 12.8 Å². The fourth-order valence-corrected chi connectivity index (χ4v) is 3.36. The van der Waals surface area contributed by atoms with Crippen molar-refractivity contribution in [3.8, 4) is 5.75 Å². The van der Waals surface area contributed by atoms with Gasteiger partial charge in [-0.25, -0.2) is 0 Å². The van der Waals surface area contributed by atoms with Gasteiger partial charge in [-0.15, -0.1) is 0 Å². The lowest BCUT2D eigenvalue weighted by atomic mass is 9.74. The standard InChI is InChI=1S/C15H21NO/c1-17-14-5-4-13-11-15(7-2-3-9-16-15)8-6-12(13)10-14/h4-5,10,16H,2-3,6-9,11H2,1H3. The predicted octanol–water partition coefficient (Wildman–Crippen LogP) is 2.70. The number of aryl methyl sites for hydroxylation is 1. The van der Waals surface area contributed by atoms with E-state index in [4.69, 9.17) is 4.74 Å². The van der Waals surface area contributed by atoms with E-state index in [1.54, 1.807) is 7.11 Å². The van der Waals surface area contributed by atoms with Gasteiger partial charge in [0.2, 0.25) is 0 Å². The third-order valence-corrected chi connectivity index (χ3v) is 4.40. The second-order valence-corrected chi connectivity index (χ2v) is 5.48. The van der Waals surface area contributed by atoms with Crippen LogP contribution in [0.1, 0.15) is 36.8 Å². The van der Waals surface area contributed by atoms with Gasteiger partial charge in [0.1, 0.15) is 5.75 Å². The molecule has 1 aliphatic heterocycles. The van der Waals surface area contributed by atoms with Crippen LogP contribution >= 0.6 is 0 Å². The van der Waals surface area contributed by atoms with Gasteiger partial charge in [-0.3, -0.25) is 0 Å². The summed E-state index contributed by atoms with van der Waals surface area (Å²) in [6.45, 7) is 1.20. The van der Waals surface area contributed by atoms with Gasteiger partial charge in [-0.05, 0) is 61.9 Å². The number of rotatable bonds is 1. The first kappa shape index (κ1) is 11.1. The van der Waals surface area contributed by atoms with Crippen LogP contribution in [0, 0.1) is 0 Å². The van der Waals surface area contributed by atoms with Crippen molar-refractivity contribution in [1.82, 2.24) is 5.32 Å². The Labute approximate surface area is 103 Å². The fourth-order valence-electron chi connectivity index (χ4n) is 3.36. The predicted molar refractivity (Wildman–Crippen MR) is 69.6 cm³/mol. The molecule has 1 N–H and O–H groups in total. The molecule has 0 radical (unpaired) electrons. The van der Waals surface area contributed by atoms with Crippen molar-refractivity contribution in [1.29, 1.82) is 0 Å². The molecule has 1 fully saturated rings. The van der Waals surface area contributed by atoms with E-state index in [2.05, 4.69) is 23.5 Å². The van der Waals surface area contributed by atoms with Gasteiger partial charge in [0.25, 0.3) is 0 Å². The number of methoxy groups -OCH3 is 1. The molecule has 1 saturated heterocycles. The summed E-state index contributed by atoms with van der Waals surface area (Å²) in [4.78, 5) is 0. The zero-order valence-electron chi connectivity index (χ0n) is 10.6. The monoisotopic (exact) mass is 231 g/mol. The first-order valence-electron chi connectivity index (χ1n) is 6.72. The molecule has 1 unspecified atom stereocenters. The van der Waals surface area contributed by atoms with Gasteiger partial charge in [-0.1, -0.05) is 12.5 Å². The van der Waals surface area contributed by atoms with Crippen LogP contribution in [0.4, 0.5) is 0 Å². The minimum atomic E-state index is 0.403. The van der Waals surface area contributed by atoms with Crippen molar-refractivity contribution in [3.63, 3.8) is 0 Å². The number of fused-ring (bicyclic) bond motifs is 1. The second-order valence-electron chi connectivity index (χ2n) is 5.48. The molecule has 2 nitrogen and oxygen atoms in total. The number of piperidine rings is 1. The van der Waals surface area contributed by atoms with Crippen LogP contribution in [0.2, 0.25) is 0 Å². The average Bonchev–Trinajstić information content (AvgIpc) is 2.39. The Hall–Kier alpha value is -1.02. The minimum absolute atomic E-state index is 0.403. The highest BCUT2D eigenvalue weighted by molar-refractivity contribution is 5.39. The van der Waals surface area contributed by atoms with E-state index in [9.17, 15) is 0 Å². The van der Waals surface area contributed by atoms with E-state index in [0.717, 1.165) is 5.75 Å². The fraction of sp³-hybridized carbons (Fsp3) is 0.600. The zero-order valence-corrected chi connectivity index (χ0v) is 10.6. The molecule has 1 aromatic rings. The largest absolute Gasteiger partial charge is 0.497 e. The third kappa shape index (κ3) is 2.06. The molecule has 1 aliphatic carbocycles. The highest BCUT2D eigenvalue weighted by atomic mass is 16.5. The lowest BCUT2D eigenvalue weighted by Gasteiger charge is -2.42. The molecule has 0 aromatic heterocycles. The summed E-state index contributed by atoms with van der Waals surface area (Å²) in [5, 5.41) is 3.77. The number of nitrogens with one attached hydrogen (secondary N) is 1. The summed E-state index contributed by atoms with van der Waals surface area (Å²) in [6, 6.07) is 6.57. The summed E-state index contributed by atoms with van der Waals surface area (Å²) >= 11 is 0. The molecule has 92 valence electrons. The molecule has 1 spiro atoms. The Bertz CT molecular complexity index is 407. The summed E-state index contributed by atoms with van der Waals surface area (Å²) in [5.74, 6) is 0.997. The Morgan fingerprint density at radius 3 is 2.88 bits per heavy atom. The van der Waals surface area contributed by atoms with Crippen LogP contribution in [-0.4, -0.2) is 19.2 Å². The molecule has 2 heteroatoms. The number of benzene rings is 1. The molecule has 17 heavy (non-hydrogen) atoms. The molecule has 2 aliphatic rings. The van der Waals surface area contributed by atoms with Crippen LogP contribution in [0.25, 0.3) is 0 Å². The van der Waals surface area contributed by atoms with E-state index in [-0.39, 0.29) is 0 Å². The third-order valence-electron chi connectivity index (χ3n) is 4.40. The van der Waals surface area contributed by atoms with Crippen molar-refractivity contribution in [2.24, 2.45) is 0 Å². The molecule has 1 heterocycles. The van der Waals surface area contributed by atoms with Crippen LogP contribution in [0.15, 0.2) is 18.2 Å². The van der Waals surface area contributed by atoms with E-state index < -0.39 is 0 Å². The zero-order chi connectivity index (χ0) is 11.7. The first-order chi connectivity index (χ1) is 8.31. The SMILES string of the molecule is COc1ccc2c(c1)CCC1(CCCCN1)C2. The molecule has 1 aromatic carbocycles. The van der Waals surface area contributed by atoms with E-state index in [1.807, 2.05) is 0 Å². The summed E-state index contributed by atoms with van der Waals surface area (Å²) < 4.78 is 5.30. The molecule has 3 rings (SSSR count). The Morgan fingerprint density at radius 1 is 1.18 bits per heavy atom. The second kappa shape index (κ2) is 4.34. The van der Waals surface area contributed by atoms with Gasteiger partial charge in [-0.2, -0.15) is 0 Å². The maximum Gasteiger partial charge on any atom is 0.119 e. The van der Waals surface area contributed by atoms with Crippen LogP contribution in [0.5, 0.6) is 5.75 Å². The van der Waals surface area contributed by atoms with Gasteiger partial charge < -0.3 is 10.1 Å². The maximum absolute atomic E-state index is 5.30. The normalized spacial score (nSPS) is 27.8. The van der Waals surface area contributed by atoms with Crippen LogP contribution < -0.4 is 10.1 Å². The first-order valence-corrected chi connectivity index (χ1v) is 6.72. The van der Waals surface area contributed by atoms with Gasteiger partial charge >= 0.3 is 0 Å². The summed E-state index contributed by atoms with van der Waals surface area (Å²) in [6.07, 6.45) is 7.76. The Kier molecular flexibility index (Phi) is 2.83. The average molecular weight is 231 g/mol. The van der Waals surface area contributed by atoms with E-state index in [1.165, 1.54) is 56.2 Å². The number of hydrogen-bond donors (Lipinski definition) is 1. The molecule has 0 saturated carbocycles. The number of ether oxygens (including phenoxy) is 1. The van der Waals surface area contributed by atoms with Gasteiger partial charge in [0, 0.05) is 5.54 Å². The highest BCUT2D eigenvalue weighted by Crippen LogP contribution is 2.35. The van der Waals surface area contributed by atoms with Crippen LogP contribution in [0.3, 0.4) is 0 Å². The highest BCUT2D eigenvalue weighted by Gasteiger charge is 2.35. The van der Waals surface area contributed by atoms with Crippen molar-refractivity contribution in [3.05, 3.63) is 29.3 Å². The molecular weight excluding hydrogens is 210 g/mol. The van der Waals surface area contributed by atoms with Gasteiger partial charge in [0.05, 0.1) is 7.11 Å². The molecular formula is C15H21NO. The van der Waals surface area contributed by atoms with Crippen molar-refractivity contribution in [2.75, 3.05) is 13.7 Å². The molecule has 1 atom stereocenters. The smallest absolute Gasteiger partial charge is 0.119 e. The maximum atomic E-state index is 5.30. The van der Waals surface area contributed by atoms with E-state index >= 15 is 0 Å². The summed E-state index contributed by atoms with van der Waals surface area (Å²) in [5.41, 5.74) is 3.41. The topological polar surface area (TPSA) is 21.3 Å². The molecule has 0 bridgehead atoms. The Morgan fingerprint density at radius 2 is 2.12 bits per heavy atom. The quantitative estimate of drug-likeness (QED) is 0.802. The van der Waals surface area contributed by atoms with Crippen molar-refractivity contribution in [2.45, 2.75) is 44.1 Å². The van der Waals surface area contributed by atoms with Gasteiger partial charge in [0.15, 0.2) is 0 Å². The summed E-state index contributed by atoms with van der Waals surface area (Å²) in [7, 11) is 1.74. The minimum Gasteiger partial charge on any atom is -0.497 e. The number of hydrogen-bond acceptors (Lipinski definition) is 2. The Balaban J connectivity index is 1.85. The van der Waals surface area contributed by atoms with Crippen molar-refractivity contribution >= 4 is 0 Å². The lowest BCUT2D eigenvalue weighted by Crippen LogP contribution is -2.52. The molecule has 0 amide bonds. The van der Waals surface area contributed by atoms with E-state index in [0.29, 0.717) is 5.54 Å². The lowest BCUT2D eigenvalue weighted by molar-refractivity contribution is 0.225. The van der Waals surface area contributed by atoms with Crippen molar-refractivity contribution < 1.29 is 4.74 Å².